The van der Waals surface area contributed by atoms with Crippen LogP contribution in [0.4, 0.5) is 0 Å². The third-order valence-corrected chi connectivity index (χ3v) is 3.50. The van der Waals surface area contributed by atoms with Crippen LogP contribution in [0.1, 0.15) is 25.8 Å². The van der Waals surface area contributed by atoms with Crippen LogP contribution < -0.4 is 4.74 Å². The molecule has 0 N–H and O–H groups in total. The topological polar surface area (TPSA) is 9.23 Å². The molecule has 1 aromatic rings. The van der Waals surface area contributed by atoms with Gasteiger partial charge in [-0.25, -0.2) is 0 Å². The Balaban J connectivity index is 2.54. The first-order valence-corrected chi connectivity index (χ1v) is 7.02. The van der Waals surface area contributed by atoms with Crippen molar-refractivity contribution in [1.82, 2.24) is 0 Å². The van der Waals surface area contributed by atoms with Gasteiger partial charge in [-0.2, -0.15) is 0 Å². The Morgan fingerprint density at radius 3 is 2.67 bits per heavy atom. The van der Waals surface area contributed by atoms with Gasteiger partial charge in [0.15, 0.2) is 0 Å². The Morgan fingerprint density at radius 2 is 2.07 bits per heavy atom. The van der Waals surface area contributed by atoms with E-state index in [-0.39, 0.29) is 0 Å². The van der Waals surface area contributed by atoms with Crippen molar-refractivity contribution in [2.24, 2.45) is 5.92 Å². The number of hydrogen-bond donors (Lipinski definition) is 0. The molecule has 0 fully saturated rings. The highest BCUT2D eigenvalue weighted by Crippen LogP contribution is 2.24. The fraction of sp³-hybridized carbons (Fsp3) is 0.500. The molecule has 0 aliphatic carbocycles. The van der Waals surface area contributed by atoms with Crippen molar-refractivity contribution >= 4 is 31.9 Å². The zero-order valence-electron chi connectivity index (χ0n) is 9.09. The standard InChI is InChI=1S/C12H16Br2O/c1-9(2)5-6-15-11-3-4-12(14)10(7-11)8-13/h3-4,7,9H,5-6,8H2,1-2H3. The number of halogens is 2. The van der Waals surface area contributed by atoms with E-state index in [4.69, 9.17) is 4.74 Å². The molecule has 0 bridgehead atoms. The minimum Gasteiger partial charge on any atom is -0.494 e. The SMILES string of the molecule is CC(C)CCOc1ccc(Br)c(CBr)c1. The van der Waals surface area contributed by atoms with E-state index >= 15 is 0 Å². The van der Waals surface area contributed by atoms with Crippen molar-refractivity contribution in [3.8, 4) is 5.75 Å². The molecular formula is C12H16Br2O. The maximum absolute atomic E-state index is 5.67. The van der Waals surface area contributed by atoms with Gasteiger partial charge in [-0.1, -0.05) is 45.7 Å². The van der Waals surface area contributed by atoms with Gasteiger partial charge in [0.1, 0.15) is 5.75 Å². The maximum atomic E-state index is 5.67. The number of ether oxygens (including phenoxy) is 1. The molecule has 0 aliphatic rings. The predicted molar refractivity (Wildman–Crippen MR) is 71.7 cm³/mol. The molecule has 0 aliphatic heterocycles. The molecule has 0 aromatic heterocycles. The molecule has 0 saturated carbocycles. The Hall–Kier alpha value is -0.0200. The fourth-order valence-corrected chi connectivity index (χ4v) is 2.38. The van der Waals surface area contributed by atoms with Crippen molar-refractivity contribution in [3.63, 3.8) is 0 Å². The second-order valence-electron chi connectivity index (χ2n) is 3.92. The molecule has 0 spiro atoms. The number of rotatable bonds is 5. The van der Waals surface area contributed by atoms with Gasteiger partial charge >= 0.3 is 0 Å². The van der Waals surface area contributed by atoms with Gasteiger partial charge in [0.05, 0.1) is 6.61 Å². The molecule has 84 valence electrons. The molecule has 0 saturated heterocycles. The first kappa shape index (κ1) is 13.0. The van der Waals surface area contributed by atoms with Crippen LogP contribution in [-0.4, -0.2) is 6.61 Å². The number of alkyl halides is 1. The summed E-state index contributed by atoms with van der Waals surface area (Å²) in [6, 6.07) is 6.09. The first-order valence-electron chi connectivity index (χ1n) is 5.10. The zero-order valence-corrected chi connectivity index (χ0v) is 12.3. The fourth-order valence-electron chi connectivity index (χ4n) is 1.16. The monoisotopic (exact) mass is 334 g/mol. The third-order valence-electron chi connectivity index (χ3n) is 2.13. The maximum Gasteiger partial charge on any atom is 0.119 e. The summed E-state index contributed by atoms with van der Waals surface area (Å²) < 4.78 is 6.79. The Kier molecular flexibility index (Phi) is 5.69. The molecule has 0 atom stereocenters. The number of benzene rings is 1. The Morgan fingerprint density at radius 1 is 1.33 bits per heavy atom. The molecule has 0 amide bonds. The summed E-state index contributed by atoms with van der Waals surface area (Å²) >= 11 is 6.94. The molecular weight excluding hydrogens is 320 g/mol. The predicted octanol–water partition coefficient (Wildman–Crippen LogP) is 4.77. The summed E-state index contributed by atoms with van der Waals surface area (Å²) in [6.45, 7) is 5.20. The summed E-state index contributed by atoms with van der Waals surface area (Å²) in [5, 5.41) is 0.842. The highest BCUT2D eigenvalue weighted by Gasteiger charge is 2.01. The lowest BCUT2D eigenvalue weighted by Gasteiger charge is -2.09. The molecule has 0 heterocycles. The summed E-state index contributed by atoms with van der Waals surface area (Å²) in [4.78, 5) is 0. The largest absolute Gasteiger partial charge is 0.494 e. The summed E-state index contributed by atoms with van der Waals surface area (Å²) in [7, 11) is 0. The van der Waals surface area contributed by atoms with Crippen LogP contribution >= 0.6 is 31.9 Å². The van der Waals surface area contributed by atoms with E-state index in [0.29, 0.717) is 5.92 Å². The van der Waals surface area contributed by atoms with E-state index in [1.54, 1.807) is 0 Å². The highest BCUT2D eigenvalue weighted by molar-refractivity contribution is 9.10. The van der Waals surface area contributed by atoms with Gasteiger partial charge in [-0.05, 0) is 36.1 Å². The van der Waals surface area contributed by atoms with Crippen LogP contribution in [0, 0.1) is 5.92 Å². The minimum atomic E-state index is 0.691. The third kappa shape index (κ3) is 4.56. The van der Waals surface area contributed by atoms with Gasteiger partial charge in [0.25, 0.3) is 0 Å². The van der Waals surface area contributed by atoms with Crippen molar-refractivity contribution in [2.45, 2.75) is 25.6 Å². The van der Waals surface area contributed by atoms with E-state index in [9.17, 15) is 0 Å². The first-order chi connectivity index (χ1) is 7.13. The van der Waals surface area contributed by atoms with Crippen LogP contribution in [0.3, 0.4) is 0 Å². The van der Waals surface area contributed by atoms with Gasteiger partial charge in [-0.3, -0.25) is 0 Å². The van der Waals surface area contributed by atoms with Crippen molar-refractivity contribution in [2.75, 3.05) is 6.61 Å². The van der Waals surface area contributed by atoms with Crippen LogP contribution in [0.2, 0.25) is 0 Å². The normalized spacial score (nSPS) is 10.7. The lowest BCUT2D eigenvalue weighted by molar-refractivity contribution is 0.289. The Labute approximate surface area is 108 Å². The number of hydrogen-bond acceptors (Lipinski definition) is 1. The lowest BCUT2D eigenvalue weighted by Crippen LogP contribution is -2.01. The van der Waals surface area contributed by atoms with Crippen LogP contribution in [0.25, 0.3) is 0 Å². The van der Waals surface area contributed by atoms with Crippen LogP contribution in [-0.2, 0) is 5.33 Å². The van der Waals surface area contributed by atoms with Gasteiger partial charge < -0.3 is 4.74 Å². The smallest absolute Gasteiger partial charge is 0.119 e. The lowest BCUT2D eigenvalue weighted by atomic mass is 10.1. The second-order valence-corrected chi connectivity index (χ2v) is 5.33. The highest BCUT2D eigenvalue weighted by atomic mass is 79.9. The summed E-state index contributed by atoms with van der Waals surface area (Å²) in [5.41, 5.74) is 1.22. The quantitative estimate of drug-likeness (QED) is 0.704. The Bertz CT molecular complexity index is 310. The molecule has 15 heavy (non-hydrogen) atoms. The molecule has 0 unspecified atom stereocenters. The molecule has 1 nitrogen and oxygen atoms in total. The molecule has 1 rings (SSSR count). The van der Waals surface area contributed by atoms with E-state index in [1.165, 1.54) is 5.56 Å². The second kappa shape index (κ2) is 6.54. The molecule has 3 heteroatoms. The zero-order chi connectivity index (χ0) is 11.3. The van der Waals surface area contributed by atoms with E-state index in [0.717, 1.165) is 28.6 Å². The van der Waals surface area contributed by atoms with Crippen molar-refractivity contribution in [3.05, 3.63) is 28.2 Å². The van der Waals surface area contributed by atoms with Crippen molar-refractivity contribution < 1.29 is 4.74 Å². The van der Waals surface area contributed by atoms with Gasteiger partial charge in [0, 0.05) is 9.80 Å². The van der Waals surface area contributed by atoms with Gasteiger partial charge in [-0.15, -0.1) is 0 Å². The molecule has 1 aromatic carbocycles. The van der Waals surface area contributed by atoms with Crippen molar-refractivity contribution in [1.29, 1.82) is 0 Å². The average Bonchev–Trinajstić information content (AvgIpc) is 2.20. The van der Waals surface area contributed by atoms with Crippen LogP contribution in [0.5, 0.6) is 5.75 Å². The van der Waals surface area contributed by atoms with Crippen LogP contribution in [0.15, 0.2) is 22.7 Å². The van der Waals surface area contributed by atoms with E-state index in [1.807, 2.05) is 12.1 Å². The van der Waals surface area contributed by atoms with Gasteiger partial charge in [0.2, 0.25) is 0 Å². The summed E-state index contributed by atoms with van der Waals surface area (Å²) in [5.74, 6) is 1.64. The van der Waals surface area contributed by atoms with E-state index in [2.05, 4.69) is 51.8 Å². The minimum absolute atomic E-state index is 0.691. The molecule has 0 radical (unpaired) electrons. The van der Waals surface area contributed by atoms with E-state index < -0.39 is 0 Å². The summed E-state index contributed by atoms with van der Waals surface area (Å²) in [6.07, 6.45) is 1.10. The average molecular weight is 336 g/mol.